The second-order valence-electron chi connectivity index (χ2n) is 5.47. The number of morpholine rings is 1. The summed E-state index contributed by atoms with van der Waals surface area (Å²) in [5.41, 5.74) is 1.19. The van der Waals surface area contributed by atoms with Crippen molar-refractivity contribution < 1.29 is 4.74 Å². The fourth-order valence-corrected chi connectivity index (χ4v) is 3.90. The third-order valence-electron chi connectivity index (χ3n) is 4.07. The van der Waals surface area contributed by atoms with Gasteiger partial charge in [0.25, 0.3) is 0 Å². The highest BCUT2D eigenvalue weighted by atomic mass is 32.1. The molecule has 1 aliphatic carbocycles. The summed E-state index contributed by atoms with van der Waals surface area (Å²) in [6, 6.07) is 0.730. The summed E-state index contributed by atoms with van der Waals surface area (Å²) in [4.78, 5) is 8.47. The van der Waals surface area contributed by atoms with Gasteiger partial charge < -0.3 is 15.0 Å². The Morgan fingerprint density at radius 3 is 2.79 bits per heavy atom. The molecular formula is C14H23N3OS. The zero-order valence-electron chi connectivity index (χ0n) is 11.7. The molecule has 1 aliphatic heterocycles. The van der Waals surface area contributed by atoms with Gasteiger partial charge in [0, 0.05) is 30.6 Å². The second kappa shape index (κ2) is 6.20. The second-order valence-corrected chi connectivity index (χ2v) is 6.53. The fraction of sp³-hybridized carbons (Fsp3) is 0.786. The molecule has 0 atom stereocenters. The van der Waals surface area contributed by atoms with Crippen LogP contribution in [0.3, 0.4) is 0 Å². The van der Waals surface area contributed by atoms with Gasteiger partial charge in [0.05, 0.1) is 18.9 Å². The van der Waals surface area contributed by atoms with Crippen molar-refractivity contribution in [2.45, 2.75) is 45.2 Å². The number of aryl methyl sites for hydroxylation is 1. The number of nitrogens with one attached hydrogen (secondary N) is 1. The predicted octanol–water partition coefficient (Wildman–Crippen LogP) is 2.32. The van der Waals surface area contributed by atoms with E-state index in [2.05, 4.69) is 17.1 Å². The van der Waals surface area contributed by atoms with Crippen LogP contribution in [0, 0.1) is 6.92 Å². The number of hydrogen-bond donors (Lipinski definition) is 1. The molecule has 1 saturated heterocycles. The summed E-state index contributed by atoms with van der Waals surface area (Å²) in [6.07, 6.45) is 5.46. The van der Waals surface area contributed by atoms with Crippen molar-refractivity contribution in [3.05, 3.63) is 10.6 Å². The Morgan fingerprint density at radius 1 is 1.32 bits per heavy atom. The molecule has 2 fully saturated rings. The van der Waals surface area contributed by atoms with Crippen LogP contribution in [-0.2, 0) is 11.3 Å². The Bertz CT molecular complexity index is 409. The summed E-state index contributed by atoms with van der Waals surface area (Å²) in [6.45, 7) is 6.72. The summed E-state index contributed by atoms with van der Waals surface area (Å²) >= 11 is 1.85. The van der Waals surface area contributed by atoms with Crippen LogP contribution in [0.15, 0.2) is 0 Å². The first-order valence-corrected chi connectivity index (χ1v) is 8.17. The van der Waals surface area contributed by atoms with Crippen LogP contribution in [0.5, 0.6) is 0 Å². The average molecular weight is 281 g/mol. The minimum Gasteiger partial charge on any atom is -0.378 e. The Kier molecular flexibility index (Phi) is 4.35. The predicted molar refractivity (Wildman–Crippen MR) is 79.0 cm³/mol. The zero-order chi connectivity index (χ0) is 13.1. The quantitative estimate of drug-likeness (QED) is 0.919. The van der Waals surface area contributed by atoms with E-state index in [0.29, 0.717) is 0 Å². The Balaban J connectivity index is 1.59. The molecule has 0 aromatic carbocycles. The Hall–Kier alpha value is -0.650. The molecule has 0 unspecified atom stereocenters. The highest BCUT2D eigenvalue weighted by Gasteiger charge is 2.18. The number of hydrogen-bond acceptors (Lipinski definition) is 5. The molecule has 0 radical (unpaired) electrons. The maximum absolute atomic E-state index is 5.40. The van der Waals surface area contributed by atoms with Crippen molar-refractivity contribution in [1.29, 1.82) is 0 Å². The lowest BCUT2D eigenvalue weighted by molar-refractivity contribution is 0.122. The highest BCUT2D eigenvalue weighted by molar-refractivity contribution is 7.15. The maximum atomic E-state index is 5.40. The number of anilines is 1. The largest absolute Gasteiger partial charge is 0.378 e. The molecule has 0 amide bonds. The number of ether oxygens (including phenoxy) is 1. The van der Waals surface area contributed by atoms with Crippen molar-refractivity contribution in [1.82, 2.24) is 10.3 Å². The molecule has 5 heteroatoms. The summed E-state index contributed by atoms with van der Waals surface area (Å²) in [5.74, 6) is 0. The van der Waals surface area contributed by atoms with Crippen molar-refractivity contribution >= 4 is 16.5 Å². The zero-order valence-corrected chi connectivity index (χ0v) is 12.5. The molecule has 3 rings (SSSR count). The van der Waals surface area contributed by atoms with E-state index in [4.69, 9.17) is 9.72 Å². The van der Waals surface area contributed by atoms with E-state index >= 15 is 0 Å². The smallest absolute Gasteiger partial charge is 0.185 e. The lowest BCUT2D eigenvalue weighted by Gasteiger charge is -2.26. The number of rotatable bonds is 4. The summed E-state index contributed by atoms with van der Waals surface area (Å²) < 4.78 is 5.40. The minimum absolute atomic E-state index is 0.730. The molecule has 2 aliphatic rings. The lowest BCUT2D eigenvalue weighted by Crippen LogP contribution is -2.36. The standard InChI is InChI=1S/C14H23N3OS/c1-11-13(10-15-12-4-2-3-5-12)19-14(16-11)17-6-8-18-9-7-17/h12,15H,2-10H2,1H3. The molecule has 0 bridgehead atoms. The van der Waals surface area contributed by atoms with Gasteiger partial charge in [0.1, 0.15) is 0 Å². The van der Waals surface area contributed by atoms with Gasteiger partial charge in [-0.05, 0) is 19.8 Å². The van der Waals surface area contributed by atoms with Crippen LogP contribution in [0.1, 0.15) is 36.3 Å². The van der Waals surface area contributed by atoms with Crippen molar-refractivity contribution in [3.8, 4) is 0 Å². The minimum atomic E-state index is 0.730. The Labute approximate surface area is 119 Å². The van der Waals surface area contributed by atoms with Crippen molar-refractivity contribution in [3.63, 3.8) is 0 Å². The molecule has 19 heavy (non-hydrogen) atoms. The molecule has 1 N–H and O–H groups in total. The van der Waals surface area contributed by atoms with Crippen LogP contribution >= 0.6 is 11.3 Å². The van der Waals surface area contributed by atoms with Gasteiger partial charge in [-0.3, -0.25) is 0 Å². The van der Waals surface area contributed by atoms with Gasteiger partial charge in [-0.2, -0.15) is 0 Å². The van der Waals surface area contributed by atoms with Gasteiger partial charge in [-0.25, -0.2) is 4.98 Å². The van der Waals surface area contributed by atoms with Gasteiger partial charge >= 0.3 is 0 Å². The van der Waals surface area contributed by atoms with Crippen LogP contribution in [-0.4, -0.2) is 37.3 Å². The third-order valence-corrected chi connectivity index (χ3v) is 5.29. The first-order valence-electron chi connectivity index (χ1n) is 7.35. The van der Waals surface area contributed by atoms with E-state index in [0.717, 1.165) is 38.9 Å². The SMILES string of the molecule is Cc1nc(N2CCOCC2)sc1CNC1CCCC1. The number of nitrogens with zero attached hydrogens (tertiary/aromatic N) is 2. The molecule has 2 heterocycles. The van der Waals surface area contributed by atoms with Gasteiger partial charge in [-0.1, -0.05) is 12.8 Å². The molecule has 1 aromatic rings. The third kappa shape index (κ3) is 3.27. The van der Waals surface area contributed by atoms with Crippen LogP contribution in [0.25, 0.3) is 0 Å². The molecule has 0 spiro atoms. The molecule has 106 valence electrons. The first kappa shape index (κ1) is 13.3. The van der Waals surface area contributed by atoms with E-state index < -0.39 is 0 Å². The Morgan fingerprint density at radius 2 is 2.05 bits per heavy atom. The van der Waals surface area contributed by atoms with E-state index in [9.17, 15) is 0 Å². The van der Waals surface area contributed by atoms with E-state index in [1.165, 1.54) is 41.4 Å². The van der Waals surface area contributed by atoms with Crippen LogP contribution < -0.4 is 10.2 Å². The number of aromatic nitrogens is 1. The monoisotopic (exact) mass is 281 g/mol. The van der Waals surface area contributed by atoms with E-state index in [-0.39, 0.29) is 0 Å². The first-order chi connectivity index (χ1) is 9.33. The van der Waals surface area contributed by atoms with E-state index in [1.807, 2.05) is 11.3 Å². The van der Waals surface area contributed by atoms with Crippen LogP contribution in [0.4, 0.5) is 5.13 Å². The average Bonchev–Trinajstić information content (AvgIpc) is 3.07. The van der Waals surface area contributed by atoms with E-state index in [1.54, 1.807) is 0 Å². The normalized spacial score (nSPS) is 21.2. The molecule has 1 aromatic heterocycles. The van der Waals surface area contributed by atoms with Crippen molar-refractivity contribution in [2.24, 2.45) is 0 Å². The highest BCUT2D eigenvalue weighted by Crippen LogP contribution is 2.27. The number of thiazole rings is 1. The molecule has 4 nitrogen and oxygen atoms in total. The molecular weight excluding hydrogens is 258 g/mol. The van der Waals surface area contributed by atoms with Gasteiger partial charge in [0.2, 0.25) is 0 Å². The lowest BCUT2D eigenvalue weighted by atomic mass is 10.2. The fourth-order valence-electron chi connectivity index (χ4n) is 2.83. The van der Waals surface area contributed by atoms with Gasteiger partial charge in [-0.15, -0.1) is 11.3 Å². The topological polar surface area (TPSA) is 37.4 Å². The summed E-state index contributed by atoms with van der Waals surface area (Å²) in [7, 11) is 0. The van der Waals surface area contributed by atoms with Crippen molar-refractivity contribution in [2.75, 3.05) is 31.2 Å². The van der Waals surface area contributed by atoms with Gasteiger partial charge in [0.15, 0.2) is 5.13 Å². The summed E-state index contributed by atoms with van der Waals surface area (Å²) in [5, 5.41) is 4.85. The maximum Gasteiger partial charge on any atom is 0.185 e. The van der Waals surface area contributed by atoms with Crippen LogP contribution in [0.2, 0.25) is 0 Å². The molecule has 1 saturated carbocycles.